The molecule has 10 heteroatoms. The van der Waals surface area contributed by atoms with Crippen LogP contribution in [-0.4, -0.2) is 34.1 Å². The monoisotopic (exact) mass is 280 g/mol. The third-order valence-corrected chi connectivity index (χ3v) is 2.35. The normalized spacial score (nSPS) is 15.2. The molecule has 0 bridgehead atoms. The molecule has 0 atom stereocenters. The van der Waals surface area contributed by atoms with Crippen molar-refractivity contribution in [3.8, 4) is 0 Å². The van der Waals surface area contributed by atoms with E-state index in [-0.39, 0.29) is 0 Å². The number of carboxylic acids is 2. The average molecular weight is 280 g/mol. The van der Waals surface area contributed by atoms with Gasteiger partial charge in [0, 0.05) is 0 Å². The van der Waals surface area contributed by atoms with E-state index in [4.69, 9.17) is 10.2 Å². The maximum absolute atomic E-state index is 11.7. The molecule has 20 heavy (non-hydrogen) atoms. The number of fused-ring (bicyclic) bond motifs is 1. The molecule has 0 unspecified atom stereocenters. The molecule has 1 aromatic carbocycles. The first-order chi connectivity index (χ1) is 9.43. The molecular weight excluding hydrogens is 276 g/mol. The van der Waals surface area contributed by atoms with Crippen molar-refractivity contribution in [1.82, 2.24) is 0 Å². The summed E-state index contributed by atoms with van der Waals surface area (Å²) in [6.07, 6.45) is 0. The molecule has 0 amide bonds. The van der Waals surface area contributed by atoms with Gasteiger partial charge in [-0.25, -0.2) is 19.2 Å². The summed E-state index contributed by atoms with van der Waals surface area (Å²) >= 11 is 0. The lowest BCUT2D eigenvalue weighted by atomic mass is 9.95. The number of carboxylic acid groups (broad SMARTS) is 2. The smallest absolute Gasteiger partial charge is 0.369 e. The summed E-state index contributed by atoms with van der Waals surface area (Å²) in [4.78, 5) is 53.7. The second kappa shape index (κ2) is 4.76. The molecule has 2 rings (SSSR count). The highest BCUT2D eigenvalue weighted by atomic mass is 16.8. The molecule has 2 N–H and O–H groups in total. The second-order valence-corrected chi connectivity index (χ2v) is 3.44. The van der Waals surface area contributed by atoms with Gasteiger partial charge in [-0.05, 0) is 12.1 Å². The maximum atomic E-state index is 11.7. The minimum atomic E-state index is -1.72. The molecule has 1 aliphatic heterocycles. The van der Waals surface area contributed by atoms with Crippen molar-refractivity contribution in [2.45, 2.75) is 0 Å². The third kappa shape index (κ3) is 2.05. The third-order valence-electron chi connectivity index (χ3n) is 2.35. The number of benzene rings is 1. The highest BCUT2D eigenvalue weighted by Gasteiger charge is 2.32. The zero-order chi connectivity index (χ0) is 14.9. The molecule has 1 heterocycles. The number of carbonyl (C=O) groups excluding carboxylic acids is 2. The molecule has 102 valence electrons. The van der Waals surface area contributed by atoms with E-state index in [0.29, 0.717) is 0 Å². The van der Waals surface area contributed by atoms with Crippen molar-refractivity contribution < 1.29 is 39.1 Å². The van der Waals surface area contributed by atoms with Crippen LogP contribution in [0, 0.1) is 0 Å². The van der Waals surface area contributed by atoms with Gasteiger partial charge in [0.25, 0.3) is 0 Å². The number of hydrogen-bond acceptors (Lipinski definition) is 8. The zero-order valence-electron chi connectivity index (χ0n) is 9.39. The number of hydrogen-bond donors (Lipinski definition) is 2. The van der Waals surface area contributed by atoms with E-state index < -0.39 is 46.1 Å². The van der Waals surface area contributed by atoms with Gasteiger partial charge in [-0.3, -0.25) is 9.68 Å². The first-order valence-corrected chi connectivity index (χ1v) is 4.90. The summed E-state index contributed by atoms with van der Waals surface area (Å²) in [7, 11) is 0. The standard InChI is InChI=1S/C10H4N2O8/c13-7(14)3-1-2-4-6(5(3)8(15)16)10(18)20-12-11-19-9(4)17/h1-2H,(H,13,14)(H,15,16)/b12-11-. The van der Waals surface area contributed by atoms with Crippen LogP contribution in [-0.2, 0) is 9.68 Å². The van der Waals surface area contributed by atoms with Crippen LogP contribution in [0.5, 0.6) is 0 Å². The number of rotatable bonds is 2. The maximum Gasteiger partial charge on any atom is 0.369 e. The van der Waals surface area contributed by atoms with Crippen LogP contribution in [0.2, 0.25) is 0 Å². The first-order valence-electron chi connectivity index (χ1n) is 4.90. The Balaban J connectivity index is 2.83. The molecule has 0 aromatic heterocycles. The fraction of sp³-hybridized carbons (Fsp3) is 0. The molecular formula is C10H4N2O8. The second-order valence-electron chi connectivity index (χ2n) is 3.44. The Morgan fingerprint density at radius 2 is 1.55 bits per heavy atom. The van der Waals surface area contributed by atoms with Gasteiger partial charge in [-0.2, -0.15) is 0 Å². The summed E-state index contributed by atoms with van der Waals surface area (Å²) in [6.45, 7) is 0. The molecule has 0 fully saturated rings. The SMILES string of the molecule is O=C(O)c1ccc2c(c1C(=O)O)C(=O)O/N=N\OC2=O. The average Bonchev–Trinajstić information content (AvgIpc) is 2.39. The molecule has 0 radical (unpaired) electrons. The summed E-state index contributed by atoms with van der Waals surface area (Å²) < 4.78 is 0. The summed E-state index contributed by atoms with van der Waals surface area (Å²) in [5.74, 6) is -5.81. The van der Waals surface area contributed by atoms with Crippen molar-refractivity contribution in [2.75, 3.05) is 0 Å². The van der Waals surface area contributed by atoms with Crippen LogP contribution in [0.3, 0.4) is 0 Å². The van der Waals surface area contributed by atoms with Crippen LogP contribution in [0.1, 0.15) is 41.4 Å². The van der Waals surface area contributed by atoms with E-state index in [0.717, 1.165) is 12.1 Å². The zero-order valence-corrected chi connectivity index (χ0v) is 9.39. The van der Waals surface area contributed by atoms with Crippen LogP contribution in [0.4, 0.5) is 0 Å². The largest absolute Gasteiger partial charge is 0.478 e. The minimum absolute atomic E-state index is 0.490. The Hall–Kier alpha value is -3.30. The van der Waals surface area contributed by atoms with Crippen molar-refractivity contribution in [3.63, 3.8) is 0 Å². The van der Waals surface area contributed by atoms with Crippen molar-refractivity contribution in [2.24, 2.45) is 10.6 Å². The highest BCUT2D eigenvalue weighted by molar-refractivity contribution is 6.14. The lowest BCUT2D eigenvalue weighted by Gasteiger charge is -2.11. The van der Waals surface area contributed by atoms with Gasteiger partial charge >= 0.3 is 23.9 Å². The fourth-order valence-electron chi connectivity index (χ4n) is 1.59. The Kier molecular flexibility index (Phi) is 3.13. The molecule has 10 nitrogen and oxygen atoms in total. The predicted molar refractivity (Wildman–Crippen MR) is 56.0 cm³/mol. The highest BCUT2D eigenvalue weighted by Crippen LogP contribution is 2.23. The van der Waals surface area contributed by atoms with Crippen molar-refractivity contribution >= 4 is 23.9 Å². The topological polar surface area (TPSA) is 152 Å². The summed E-state index contributed by atoms with van der Waals surface area (Å²) in [6, 6.07) is 1.79. The fourth-order valence-corrected chi connectivity index (χ4v) is 1.59. The van der Waals surface area contributed by atoms with Crippen molar-refractivity contribution in [3.05, 3.63) is 34.4 Å². The van der Waals surface area contributed by atoms with Crippen LogP contribution >= 0.6 is 0 Å². The van der Waals surface area contributed by atoms with E-state index in [9.17, 15) is 19.2 Å². The molecule has 1 aromatic rings. The molecule has 0 saturated heterocycles. The Morgan fingerprint density at radius 3 is 2.10 bits per heavy atom. The molecule has 0 spiro atoms. The van der Waals surface area contributed by atoms with Gasteiger partial charge in [-0.15, -0.1) is 0 Å². The number of aromatic carboxylic acids is 2. The summed E-state index contributed by atoms with van der Waals surface area (Å²) in [5, 5.41) is 23.5. The summed E-state index contributed by atoms with van der Waals surface area (Å²) in [5.41, 5.74) is -2.83. The van der Waals surface area contributed by atoms with Gasteiger partial charge in [0.1, 0.15) is 0 Å². The van der Waals surface area contributed by atoms with Gasteiger partial charge in [0.2, 0.25) is 0 Å². The molecule has 0 aliphatic carbocycles. The van der Waals surface area contributed by atoms with Crippen LogP contribution < -0.4 is 0 Å². The van der Waals surface area contributed by atoms with Gasteiger partial charge < -0.3 is 10.2 Å². The van der Waals surface area contributed by atoms with E-state index in [2.05, 4.69) is 20.2 Å². The Bertz CT molecular complexity index is 678. The minimum Gasteiger partial charge on any atom is -0.478 e. The first kappa shape index (κ1) is 13.1. The van der Waals surface area contributed by atoms with Gasteiger partial charge in [-0.1, -0.05) is 0 Å². The van der Waals surface area contributed by atoms with Crippen molar-refractivity contribution in [1.29, 1.82) is 0 Å². The van der Waals surface area contributed by atoms with E-state index >= 15 is 0 Å². The van der Waals surface area contributed by atoms with Crippen LogP contribution in [0.15, 0.2) is 22.7 Å². The van der Waals surface area contributed by atoms with Gasteiger partial charge in [0.15, 0.2) is 0 Å². The number of carbonyl (C=O) groups is 4. The molecule has 1 aliphatic rings. The van der Waals surface area contributed by atoms with E-state index in [1.807, 2.05) is 0 Å². The van der Waals surface area contributed by atoms with Crippen LogP contribution in [0.25, 0.3) is 0 Å². The lowest BCUT2D eigenvalue weighted by molar-refractivity contribution is 0.0198. The predicted octanol–water partition coefficient (Wildman–Crippen LogP) is 0.692. The van der Waals surface area contributed by atoms with Gasteiger partial charge in [0.05, 0.1) is 32.8 Å². The van der Waals surface area contributed by atoms with E-state index in [1.54, 1.807) is 0 Å². The Labute approximate surface area is 109 Å². The Morgan fingerprint density at radius 1 is 0.950 bits per heavy atom. The quantitative estimate of drug-likeness (QED) is 0.802. The molecule has 0 saturated carbocycles. The number of nitrogens with zero attached hydrogens (tertiary/aromatic N) is 2. The lowest BCUT2D eigenvalue weighted by Crippen LogP contribution is -2.21. The van der Waals surface area contributed by atoms with E-state index in [1.165, 1.54) is 0 Å².